The van der Waals surface area contributed by atoms with Crippen LogP contribution in [-0.2, 0) is 10.4 Å². The SMILES string of the molecule is CCCCCCC(C)NN.O=S(=O)(O)O. The first-order valence-electron chi connectivity index (χ1n) is 4.97. The van der Waals surface area contributed by atoms with E-state index >= 15 is 0 Å². The van der Waals surface area contributed by atoms with Crippen molar-refractivity contribution in [3.8, 4) is 0 Å². The van der Waals surface area contributed by atoms with Crippen LogP contribution in [0.3, 0.4) is 0 Å². The zero-order chi connectivity index (χ0) is 12.3. The van der Waals surface area contributed by atoms with Crippen LogP contribution in [0.4, 0.5) is 0 Å². The summed E-state index contributed by atoms with van der Waals surface area (Å²) in [7, 11) is -4.67. The summed E-state index contributed by atoms with van der Waals surface area (Å²) in [6, 6.07) is 0.483. The highest BCUT2D eigenvalue weighted by Crippen LogP contribution is 2.04. The minimum Gasteiger partial charge on any atom is -0.271 e. The molecule has 0 aromatic rings. The molecule has 0 saturated heterocycles. The average molecular weight is 242 g/mol. The molecule has 0 aromatic heterocycles. The molecular formula is C8H22N2O4S. The molecule has 6 nitrogen and oxygen atoms in total. The Morgan fingerprint density at radius 1 is 1.27 bits per heavy atom. The Hall–Kier alpha value is -0.210. The number of nitrogens with one attached hydrogen (secondary N) is 1. The van der Waals surface area contributed by atoms with E-state index in [9.17, 15) is 0 Å². The first kappa shape index (κ1) is 17.2. The lowest BCUT2D eigenvalue weighted by Gasteiger charge is -2.07. The maximum atomic E-state index is 8.74. The van der Waals surface area contributed by atoms with Crippen LogP contribution in [-0.4, -0.2) is 23.6 Å². The van der Waals surface area contributed by atoms with E-state index in [1.165, 1.54) is 32.1 Å². The van der Waals surface area contributed by atoms with Gasteiger partial charge in [0.15, 0.2) is 0 Å². The van der Waals surface area contributed by atoms with Crippen LogP contribution in [0.1, 0.15) is 46.0 Å². The number of hydrogen-bond donors (Lipinski definition) is 4. The highest BCUT2D eigenvalue weighted by molar-refractivity contribution is 7.79. The number of nitrogens with two attached hydrogens (primary N) is 1. The molecule has 0 radical (unpaired) electrons. The minimum absolute atomic E-state index is 0.483. The van der Waals surface area contributed by atoms with Gasteiger partial charge in [-0.05, 0) is 13.3 Å². The highest BCUT2D eigenvalue weighted by Gasteiger charge is 1.96. The monoisotopic (exact) mass is 242 g/mol. The Balaban J connectivity index is 0. The van der Waals surface area contributed by atoms with Crippen LogP contribution >= 0.6 is 0 Å². The predicted molar refractivity (Wildman–Crippen MR) is 59.7 cm³/mol. The molecule has 0 spiro atoms. The summed E-state index contributed by atoms with van der Waals surface area (Å²) >= 11 is 0. The van der Waals surface area contributed by atoms with E-state index in [0.29, 0.717) is 6.04 Å². The third-order valence-electron chi connectivity index (χ3n) is 1.78. The second kappa shape index (κ2) is 10.3. The lowest BCUT2D eigenvalue weighted by Crippen LogP contribution is -2.32. The van der Waals surface area contributed by atoms with Crippen molar-refractivity contribution in [3.63, 3.8) is 0 Å². The van der Waals surface area contributed by atoms with Crippen molar-refractivity contribution in [1.82, 2.24) is 5.43 Å². The molecule has 1 unspecified atom stereocenters. The van der Waals surface area contributed by atoms with Crippen molar-refractivity contribution in [2.45, 2.75) is 52.0 Å². The number of unbranched alkanes of at least 4 members (excludes halogenated alkanes) is 3. The molecule has 15 heavy (non-hydrogen) atoms. The first-order valence-corrected chi connectivity index (χ1v) is 6.37. The zero-order valence-electron chi connectivity index (χ0n) is 9.31. The van der Waals surface area contributed by atoms with Gasteiger partial charge in [0.05, 0.1) is 0 Å². The van der Waals surface area contributed by atoms with E-state index in [1.807, 2.05) is 0 Å². The summed E-state index contributed by atoms with van der Waals surface area (Å²) in [6.45, 7) is 4.34. The summed E-state index contributed by atoms with van der Waals surface area (Å²) in [5, 5.41) is 0. The fraction of sp³-hybridized carbons (Fsp3) is 1.00. The molecule has 0 amide bonds. The van der Waals surface area contributed by atoms with Crippen molar-refractivity contribution in [3.05, 3.63) is 0 Å². The van der Waals surface area contributed by atoms with Gasteiger partial charge < -0.3 is 0 Å². The van der Waals surface area contributed by atoms with Gasteiger partial charge in [-0.3, -0.25) is 20.4 Å². The maximum absolute atomic E-state index is 8.74. The molecule has 0 aliphatic carbocycles. The van der Waals surface area contributed by atoms with Crippen LogP contribution in [0.5, 0.6) is 0 Å². The van der Waals surface area contributed by atoms with Crippen LogP contribution in [0.2, 0.25) is 0 Å². The van der Waals surface area contributed by atoms with E-state index in [1.54, 1.807) is 0 Å². The molecule has 0 fully saturated rings. The summed E-state index contributed by atoms with van der Waals surface area (Å²) in [5.74, 6) is 5.24. The molecule has 0 heterocycles. The van der Waals surface area contributed by atoms with Crippen LogP contribution in [0.15, 0.2) is 0 Å². The Morgan fingerprint density at radius 2 is 1.73 bits per heavy atom. The number of rotatable bonds is 6. The standard InChI is InChI=1S/C8H20N2.H2O4S/c1-3-4-5-6-7-8(2)10-9;1-5(2,3)4/h8,10H,3-7,9H2,1-2H3;(H2,1,2,3,4). The second-order valence-corrected chi connectivity index (χ2v) is 4.26. The summed E-state index contributed by atoms with van der Waals surface area (Å²) in [6.07, 6.45) is 6.53. The molecule has 0 saturated carbocycles. The van der Waals surface area contributed by atoms with Gasteiger partial charge >= 0.3 is 10.4 Å². The molecule has 94 valence electrons. The Bertz CT molecular complexity index is 211. The van der Waals surface area contributed by atoms with E-state index < -0.39 is 10.4 Å². The van der Waals surface area contributed by atoms with Gasteiger partial charge in [-0.25, -0.2) is 0 Å². The molecular weight excluding hydrogens is 220 g/mol. The predicted octanol–water partition coefficient (Wildman–Crippen LogP) is 1.16. The topological polar surface area (TPSA) is 113 Å². The van der Waals surface area contributed by atoms with Gasteiger partial charge in [0, 0.05) is 6.04 Å². The fourth-order valence-electron chi connectivity index (χ4n) is 0.961. The highest BCUT2D eigenvalue weighted by atomic mass is 32.3. The van der Waals surface area contributed by atoms with E-state index in [2.05, 4.69) is 19.3 Å². The van der Waals surface area contributed by atoms with Crippen molar-refractivity contribution in [1.29, 1.82) is 0 Å². The van der Waals surface area contributed by atoms with Gasteiger partial charge in [-0.2, -0.15) is 8.42 Å². The Kier molecular flexibility index (Phi) is 11.8. The smallest absolute Gasteiger partial charge is 0.271 e. The van der Waals surface area contributed by atoms with Gasteiger partial charge in [0.25, 0.3) is 0 Å². The van der Waals surface area contributed by atoms with Gasteiger partial charge in [-0.15, -0.1) is 0 Å². The third-order valence-corrected chi connectivity index (χ3v) is 1.78. The third kappa shape index (κ3) is 31.6. The molecule has 1 atom stereocenters. The molecule has 0 aromatic carbocycles. The summed E-state index contributed by atoms with van der Waals surface area (Å²) < 4.78 is 31.6. The van der Waals surface area contributed by atoms with Gasteiger partial charge in [-0.1, -0.05) is 32.6 Å². The summed E-state index contributed by atoms with van der Waals surface area (Å²) in [4.78, 5) is 0. The van der Waals surface area contributed by atoms with E-state index in [4.69, 9.17) is 23.4 Å². The number of hydrogen-bond acceptors (Lipinski definition) is 4. The summed E-state index contributed by atoms with van der Waals surface area (Å²) in [5.41, 5.74) is 2.74. The molecule has 0 rings (SSSR count). The molecule has 0 aliphatic heterocycles. The average Bonchev–Trinajstić information content (AvgIpc) is 2.09. The molecule has 7 heteroatoms. The fourth-order valence-corrected chi connectivity index (χ4v) is 0.961. The van der Waals surface area contributed by atoms with Crippen molar-refractivity contribution in [2.24, 2.45) is 5.84 Å². The first-order chi connectivity index (χ1) is 6.81. The normalized spacial score (nSPS) is 12.9. The van der Waals surface area contributed by atoms with E-state index in [-0.39, 0.29) is 0 Å². The lowest BCUT2D eigenvalue weighted by molar-refractivity contribution is 0.381. The number of hydrazine groups is 1. The van der Waals surface area contributed by atoms with E-state index in [0.717, 1.165) is 0 Å². The Labute approximate surface area is 91.8 Å². The zero-order valence-corrected chi connectivity index (χ0v) is 10.1. The molecule has 0 aliphatic rings. The largest absolute Gasteiger partial charge is 0.394 e. The molecule has 0 bridgehead atoms. The minimum atomic E-state index is -4.67. The van der Waals surface area contributed by atoms with Gasteiger partial charge in [0.1, 0.15) is 0 Å². The Morgan fingerprint density at radius 3 is 2.07 bits per heavy atom. The van der Waals surface area contributed by atoms with Crippen LogP contribution in [0, 0.1) is 0 Å². The van der Waals surface area contributed by atoms with Crippen molar-refractivity contribution < 1.29 is 17.5 Å². The van der Waals surface area contributed by atoms with Crippen molar-refractivity contribution in [2.75, 3.05) is 0 Å². The van der Waals surface area contributed by atoms with Crippen LogP contribution < -0.4 is 11.3 Å². The van der Waals surface area contributed by atoms with Gasteiger partial charge in [0.2, 0.25) is 0 Å². The quantitative estimate of drug-likeness (QED) is 0.240. The molecule has 5 N–H and O–H groups in total. The van der Waals surface area contributed by atoms with Crippen molar-refractivity contribution >= 4 is 10.4 Å². The maximum Gasteiger partial charge on any atom is 0.394 e. The lowest BCUT2D eigenvalue weighted by atomic mass is 10.1. The second-order valence-electron chi connectivity index (χ2n) is 3.36. The van der Waals surface area contributed by atoms with Crippen LogP contribution in [0.25, 0.3) is 0 Å².